The lowest BCUT2D eigenvalue weighted by atomic mass is 10.4. The van der Waals surface area contributed by atoms with E-state index in [1.54, 1.807) is 13.8 Å². The zero-order valence-electron chi connectivity index (χ0n) is 6.58. The average Bonchev–Trinajstić information content (AvgIpc) is 2.18. The number of aromatic nitrogens is 1. The molecular weight excluding hydrogens is 166 g/mol. The summed E-state index contributed by atoms with van der Waals surface area (Å²) < 4.78 is 20.4. The molecule has 4 nitrogen and oxygen atoms in total. The normalized spacial score (nSPS) is 13.0. The number of aryl methyl sites for hydroxylation is 2. The Bertz CT molecular complexity index is 262. The molecule has 1 heterocycles. The monoisotopic (exact) mass is 175 g/mol. The Labute approximate surface area is 67.2 Å². The van der Waals surface area contributed by atoms with Crippen molar-refractivity contribution in [1.29, 1.82) is 0 Å². The minimum Gasteiger partial charge on any atom is -0.395 e. The second-order valence-electron chi connectivity index (χ2n) is 2.14. The molecule has 0 aliphatic carbocycles. The first-order valence-electron chi connectivity index (χ1n) is 3.06. The maximum absolute atomic E-state index is 10.6. The number of hydrogen-bond donors (Lipinski definition) is 0. The molecule has 0 saturated heterocycles. The van der Waals surface area contributed by atoms with Crippen molar-refractivity contribution in [3.8, 4) is 5.75 Å². The molecule has 11 heavy (non-hydrogen) atoms. The Morgan fingerprint density at radius 2 is 2.18 bits per heavy atom. The molecular formula is C6H9NO3S. The van der Waals surface area contributed by atoms with Gasteiger partial charge in [-0.25, -0.2) is 4.21 Å². The van der Waals surface area contributed by atoms with Crippen LogP contribution >= 0.6 is 0 Å². The van der Waals surface area contributed by atoms with Crippen LogP contribution in [-0.2, 0) is 11.1 Å². The second-order valence-corrected chi connectivity index (χ2v) is 3.11. The molecule has 1 unspecified atom stereocenters. The van der Waals surface area contributed by atoms with Gasteiger partial charge in [0.1, 0.15) is 5.69 Å². The van der Waals surface area contributed by atoms with Gasteiger partial charge in [-0.1, -0.05) is 5.16 Å². The van der Waals surface area contributed by atoms with E-state index in [1.807, 2.05) is 0 Å². The quantitative estimate of drug-likeness (QED) is 0.672. The summed E-state index contributed by atoms with van der Waals surface area (Å²) in [5, 5.41) is 3.63. The lowest BCUT2D eigenvalue weighted by Crippen LogP contribution is -1.97. The lowest BCUT2D eigenvalue weighted by molar-refractivity contribution is 0.389. The smallest absolute Gasteiger partial charge is 0.205 e. The van der Waals surface area contributed by atoms with E-state index >= 15 is 0 Å². The highest BCUT2D eigenvalue weighted by atomic mass is 32.2. The summed E-state index contributed by atoms with van der Waals surface area (Å²) in [5.41, 5.74) is 0.623. The van der Waals surface area contributed by atoms with Crippen molar-refractivity contribution in [3.63, 3.8) is 0 Å². The van der Waals surface area contributed by atoms with Crippen LogP contribution in [0, 0.1) is 13.8 Å². The maximum atomic E-state index is 10.6. The summed E-state index contributed by atoms with van der Waals surface area (Å²) in [6, 6.07) is 0. The molecule has 0 spiro atoms. The van der Waals surface area contributed by atoms with Crippen LogP contribution in [-0.4, -0.2) is 15.6 Å². The Hall–Kier alpha value is -0.840. The number of nitrogens with zero attached hydrogens (tertiary/aromatic N) is 1. The zero-order valence-corrected chi connectivity index (χ0v) is 7.40. The first-order valence-corrected chi connectivity index (χ1v) is 4.54. The molecule has 1 atom stereocenters. The van der Waals surface area contributed by atoms with Gasteiger partial charge >= 0.3 is 0 Å². The molecule has 0 fully saturated rings. The van der Waals surface area contributed by atoms with E-state index in [9.17, 15) is 4.21 Å². The highest BCUT2D eigenvalue weighted by Gasteiger charge is 2.11. The third kappa shape index (κ3) is 1.80. The number of rotatable bonds is 2. The molecule has 0 aliphatic heterocycles. The van der Waals surface area contributed by atoms with Gasteiger partial charge in [0, 0.05) is 13.2 Å². The minimum atomic E-state index is -1.32. The fourth-order valence-electron chi connectivity index (χ4n) is 0.711. The molecule has 0 bridgehead atoms. The van der Waals surface area contributed by atoms with Crippen molar-refractivity contribution < 1.29 is 12.9 Å². The largest absolute Gasteiger partial charge is 0.395 e. The van der Waals surface area contributed by atoms with Gasteiger partial charge in [0.15, 0.2) is 5.76 Å². The standard InChI is InChI=1S/C6H9NO3S/c1-4-6(10-11(3)8)5(2)9-7-4/h1-3H3. The van der Waals surface area contributed by atoms with Crippen LogP contribution < -0.4 is 4.18 Å². The van der Waals surface area contributed by atoms with Crippen LogP contribution in [0.2, 0.25) is 0 Å². The molecule has 0 aliphatic rings. The molecule has 0 N–H and O–H groups in total. The molecule has 0 amide bonds. The van der Waals surface area contributed by atoms with Gasteiger partial charge in [-0.15, -0.1) is 0 Å². The van der Waals surface area contributed by atoms with E-state index in [-0.39, 0.29) is 0 Å². The summed E-state index contributed by atoms with van der Waals surface area (Å²) in [4.78, 5) is 0. The Kier molecular flexibility index (Phi) is 2.28. The predicted octanol–water partition coefficient (Wildman–Crippen LogP) is 0.964. The van der Waals surface area contributed by atoms with Gasteiger partial charge in [-0.05, 0) is 6.92 Å². The van der Waals surface area contributed by atoms with Crippen molar-refractivity contribution >= 4 is 11.1 Å². The van der Waals surface area contributed by atoms with Crippen molar-refractivity contribution in [2.24, 2.45) is 0 Å². The van der Waals surface area contributed by atoms with Gasteiger partial charge in [0.05, 0.1) is 0 Å². The Morgan fingerprint density at radius 3 is 2.55 bits per heavy atom. The minimum absolute atomic E-state index is 0.478. The van der Waals surface area contributed by atoms with Crippen LogP contribution in [0.15, 0.2) is 4.52 Å². The van der Waals surface area contributed by atoms with E-state index in [0.29, 0.717) is 17.2 Å². The van der Waals surface area contributed by atoms with Crippen molar-refractivity contribution in [2.75, 3.05) is 6.26 Å². The maximum Gasteiger partial charge on any atom is 0.205 e. The highest BCUT2D eigenvalue weighted by molar-refractivity contribution is 7.79. The van der Waals surface area contributed by atoms with Gasteiger partial charge in [-0.3, -0.25) is 0 Å². The molecule has 62 valence electrons. The van der Waals surface area contributed by atoms with Crippen molar-refractivity contribution in [2.45, 2.75) is 13.8 Å². The lowest BCUT2D eigenvalue weighted by Gasteiger charge is -1.96. The van der Waals surface area contributed by atoms with E-state index in [4.69, 9.17) is 8.71 Å². The molecule has 1 aromatic heterocycles. The summed E-state index contributed by atoms with van der Waals surface area (Å²) in [5.74, 6) is 1.03. The van der Waals surface area contributed by atoms with Gasteiger partial charge < -0.3 is 8.71 Å². The van der Waals surface area contributed by atoms with Gasteiger partial charge in [0.25, 0.3) is 0 Å². The summed E-state index contributed by atoms with van der Waals surface area (Å²) >= 11 is -1.32. The van der Waals surface area contributed by atoms with Crippen LogP contribution in [0.4, 0.5) is 0 Å². The third-order valence-electron chi connectivity index (χ3n) is 1.17. The molecule has 1 rings (SSSR count). The Balaban J connectivity index is 2.92. The molecule has 5 heteroatoms. The fraction of sp³-hybridized carbons (Fsp3) is 0.500. The molecule has 0 saturated carbocycles. The summed E-state index contributed by atoms with van der Waals surface area (Å²) in [6.07, 6.45) is 1.45. The molecule has 0 aromatic carbocycles. The van der Waals surface area contributed by atoms with E-state index in [2.05, 4.69) is 5.16 Å². The zero-order chi connectivity index (χ0) is 8.43. The van der Waals surface area contributed by atoms with Crippen LogP contribution in [0.3, 0.4) is 0 Å². The summed E-state index contributed by atoms with van der Waals surface area (Å²) in [6.45, 7) is 3.45. The highest BCUT2D eigenvalue weighted by Crippen LogP contribution is 2.21. The third-order valence-corrected chi connectivity index (χ3v) is 1.57. The van der Waals surface area contributed by atoms with E-state index in [1.165, 1.54) is 6.26 Å². The topological polar surface area (TPSA) is 52.3 Å². The van der Waals surface area contributed by atoms with Gasteiger partial charge in [-0.2, -0.15) is 0 Å². The van der Waals surface area contributed by atoms with Crippen LogP contribution in [0.25, 0.3) is 0 Å². The predicted molar refractivity (Wildman–Crippen MR) is 40.7 cm³/mol. The van der Waals surface area contributed by atoms with E-state index in [0.717, 1.165) is 0 Å². The second kappa shape index (κ2) is 3.04. The van der Waals surface area contributed by atoms with Crippen molar-refractivity contribution in [1.82, 2.24) is 5.16 Å². The number of hydrogen-bond acceptors (Lipinski definition) is 4. The van der Waals surface area contributed by atoms with Crippen LogP contribution in [0.1, 0.15) is 11.5 Å². The Morgan fingerprint density at radius 1 is 1.55 bits per heavy atom. The first-order chi connectivity index (χ1) is 5.11. The fourth-order valence-corrected chi connectivity index (χ4v) is 1.18. The molecule has 1 aromatic rings. The SMILES string of the molecule is Cc1noc(C)c1OS(C)=O. The first kappa shape index (κ1) is 8.26. The van der Waals surface area contributed by atoms with E-state index < -0.39 is 11.1 Å². The molecule has 0 radical (unpaired) electrons. The summed E-state index contributed by atoms with van der Waals surface area (Å²) in [7, 11) is 0. The van der Waals surface area contributed by atoms with Gasteiger partial charge in [0.2, 0.25) is 16.8 Å². The van der Waals surface area contributed by atoms with Crippen LogP contribution in [0.5, 0.6) is 5.75 Å². The average molecular weight is 175 g/mol. The van der Waals surface area contributed by atoms with Crippen molar-refractivity contribution in [3.05, 3.63) is 11.5 Å².